The molecule has 0 unspecified atom stereocenters. The Morgan fingerprint density at radius 2 is 1.79 bits per heavy atom. The summed E-state index contributed by atoms with van der Waals surface area (Å²) in [6.07, 6.45) is 0.977. The third-order valence-corrected chi connectivity index (χ3v) is 4.04. The molecule has 1 N–H and O–H groups in total. The molecule has 4 nitrogen and oxygen atoms in total. The lowest BCUT2D eigenvalue weighted by Crippen LogP contribution is -2.40. The molecular weight excluding hydrogens is 289 g/mol. The van der Waals surface area contributed by atoms with Crippen LogP contribution in [0.15, 0.2) is 18.2 Å². The van der Waals surface area contributed by atoms with Crippen LogP contribution in [0.5, 0.6) is 0 Å². The van der Waals surface area contributed by atoms with E-state index < -0.39 is 5.97 Å². The number of carboxylic acid groups (broad SMARTS) is 1. The molecule has 19 heavy (non-hydrogen) atoms. The molecule has 0 aromatic heterocycles. The quantitative estimate of drug-likeness (QED) is 0.914. The fraction of sp³-hybridized carbons (Fsp3) is 0.385. The zero-order chi connectivity index (χ0) is 14.0. The number of hydrogen-bond acceptors (Lipinski definition) is 2. The first-order chi connectivity index (χ1) is 8.99. The van der Waals surface area contributed by atoms with Crippen LogP contribution in [0.1, 0.15) is 23.2 Å². The number of carbonyl (C=O) groups excluding carboxylic acids is 1. The van der Waals surface area contributed by atoms with E-state index in [-0.39, 0.29) is 11.8 Å². The van der Waals surface area contributed by atoms with E-state index in [2.05, 4.69) is 0 Å². The van der Waals surface area contributed by atoms with Gasteiger partial charge in [-0.3, -0.25) is 9.59 Å². The van der Waals surface area contributed by atoms with Crippen LogP contribution in [-0.2, 0) is 4.79 Å². The highest BCUT2D eigenvalue weighted by molar-refractivity contribution is 6.42. The Morgan fingerprint density at radius 3 is 2.32 bits per heavy atom. The summed E-state index contributed by atoms with van der Waals surface area (Å²) in [7, 11) is 0. The van der Waals surface area contributed by atoms with Crippen LogP contribution >= 0.6 is 23.2 Å². The molecule has 102 valence electrons. The van der Waals surface area contributed by atoms with Gasteiger partial charge in [0.2, 0.25) is 0 Å². The number of likely N-dealkylation sites (tertiary alicyclic amines) is 1. The summed E-state index contributed by atoms with van der Waals surface area (Å²) >= 11 is 11.7. The molecule has 0 bridgehead atoms. The van der Waals surface area contributed by atoms with Crippen molar-refractivity contribution in [3.05, 3.63) is 33.8 Å². The summed E-state index contributed by atoms with van der Waals surface area (Å²) in [5, 5.41) is 9.66. The fourth-order valence-electron chi connectivity index (χ4n) is 2.14. The highest BCUT2D eigenvalue weighted by Gasteiger charge is 2.27. The number of carbonyl (C=O) groups is 2. The molecule has 1 aromatic carbocycles. The van der Waals surface area contributed by atoms with Crippen LogP contribution in [0.25, 0.3) is 0 Å². The van der Waals surface area contributed by atoms with E-state index in [0.29, 0.717) is 41.5 Å². The highest BCUT2D eigenvalue weighted by atomic mass is 35.5. The van der Waals surface area contributed by atoms with Gasteiger partial charge in [0.1, 0.15) is 0 Å². The Hall–Kier alpha value is -1.26. The number of nitrogens with zero attached hydrogens (tertiary/aromatic N) is 1. The summed E-state index contributed by atoms with van der Waals surface area (Å²) in [4.78, 5) is 24.7. The Kier molecular flexibility index (Phi) is 4.32. The van der Waals surface area contributed by atoms with Crippen LogP contribution in [-0.4, -0.2) is 35.0 Å². The largest absolute Gasteiger partial charge is 0.481 e. The van der Waals surface area contributed by atoms with Gasteiger partial charge in [0.25, 0.3) is 5.91 Å². The zero-order valence-corrected chi connectivity index (χ0v) is 11.6. The molecule has 1 fully saturated rings. The van der Waals surface area contributed by atoms with Gasteiger partial charge in [0, 0.05) is 18.7 Å². The van der Waals surface area contributed by atoms with Crippen molar-refractivity contribution in [1.82, 2.24) is 4.90 Å². The number of rotatable bonds is 2. The van der Waals surface area contributed by atoms with Gasteiger partial charge in [-0.05, 0) is 31.0 Å². The van der Waals surface area contributed by atoms with Crippen LogP contribution < -0.4 is 0 Å². The second-order valence-corrected chi connectivity index (χ2v) is 5.35. The third kappa shape index (κ3) is 3.19. The van der Waals surface area contributed by atoms with Crippen molar-refractivity contribution in [3.8, 4) is 0 Å². The molecule has 1 saturated heterocycles. The third-order valence-electron chi connectivity index (χ3n) is 3.30. The average Bonchev–Trinajstić information content (AvgIpc) is 2.41. The molecule has 1 amide bonds. The number of hydrogen-bond donors (Lipinski definition) is 1. The number of piperidine rings is 1. The maximum absolute atomic E-state index is 12.2. The predicted molar refractivity (Wildman–Crippen MR) is 72.7 cm³/mol. The van der Waals surface area contributed by atoms with Crippen molar-refractivity contribution in [2.45, 2.75) is 12.8 Å². The summed E-state index contributed by atoms with van der Waals surface area (Å²) in [5.74, 6) is -1.28. The molecule has 0 atom stereocenters. The monoisotopic (exact) mass is 301 g/mol. The topological polar surface area (TPSA) is 57.6 Å². The summed E-state index contributed by atoms with van der Waals surface area (Å²) in [6.45, 7) is 0.909. The molecule has 1 aliphatic heterocycles. The van der Waals surface area contributed by atoms with Crippen molar-refractivity contribution in [2.24, 2.45) is 5.92 Å². The maximum atomic E-state index is 12.2. The smallest absolute Gasteiger partial charge is 0.306 e. The van der Waals surface area contributed by atoms with E-state index in [4.69, 9.17) is 28.3 Å². The molecule has 0 saturated carbocycles. The van der Waals surface area contributed by atoms with E-state index in [1.165, 1.54) is 6.07 Å². The minimum absolute atomic E-state index is 0.137. The summed E-state index contributed by atoms with van der Waals surface area (Å²) < 4.78 is 0. The number of carboxylic acids is 1. The molecule has 1 aliphatic rings. The van der Waals surface area contributed by atoms with Crippen LogP contribution in [0.2, 0.25) is 10.0 Å². The molecule has 0 spiro atoms. The van der Waals surface area contributed by atoms with E-state index >= 15 is 0 Å². The van der Waals surface area contributed by atoms with Gasteiger partial charge in [-0.1, -0.05) is 23.2 Å². The summed E-state index contributed by atoms with van der Waals surface area (Å²) in [6, 6.07) is 4.75. The second kappa shape index (κ2) is 5.80. The second-order valence-electron chi connectivity index (χ2n) is 4.53. The normalized spacial score (nSPS) is 16.4. The van der Waals surface area contributed by atoms with Gasteiger partial charge in [-0.2, -0.15) is 0 Å². The first-order valence-electron chi connectivity index (χ1n) is 5.96. The lowest BCUT2D eigenvalue weighted by Gasteiger charge is -2.30. The van der Waals surface area contributed by atoms with Gasteiger partial charge in [0.05, 0.1) is 16.0 Å². The van der Waals surface area contributed by atoms with E-state index in [1.54, 1.807) is 17.0 Å². The Balaban J connectivity index is 2.05. The average molecular weight is 302 g/mol. The molecule has 1 aromatic rings. The maximum Gasteiger partial charge on any atom is 0.306 e. The van der Waals surface area contributed by atoms with E-state index in [9.17, 15) is 9.59 Å². The van der Waals surface area contributed by atoms with Crippen LogP contribution in [0, 0.1) is 5.92 Å². The number of amides is 1. The minimum atomic E-state index is -0.790. The number of halogens is 2. The zero-order valence-electron chi connectivity index (χ0n) is 10.1. The molecule has 0 radical (unpaired) electrons. The Bertz CT molecular complexity index is 511. The first-order valence-corrected chi connectivity index (χ1v) is 6.72. The molecule has 2 rings (SSSR count). The number of aliphatic carboxylic acids is 1. The number of benzene rings is 1. The van der Waals surface area contributed by atoms with E-state index in [0.717, 1.165) is 0 Å². The Morgan fingerprint density at radius 1 is 1.16 bits per heavy atom. The predicted octanol–water partition coefficient (Wildman–Crippen LogP) is 2.93. The van der Waals surface area contributed by atoms with Crippen molar-refractivity contribution < 1.29 is 14.7 Å². The van der Waals surface area contributed by atoms with Crippen molar-refractivity contribution in [2.75, 3.05) is 13.1 Å². The van der Waals surface area contributed by atoms with Crippen LogP contribution in [0.4, 0.5) is 0 Å². The first kappa shape index (κ1) is 14.2. The van der Waals surface area contributed by atoms with Gasteiger partial charge >= 0.3 is 5.97 Å². The minimum Gasteiger partial charge on any atom is -0.481 e. The summed E-state index contributed by atoms with van der Waals surface area (Å²) in [5.41, 5.74) is 0.475. The van der Waals surface area contributed by atoms with Gasteiger partial charge in [0.15, 0.2) is 0 Å². The molecule has 6 heteroatoms. The SMILES string of the molecule is O=C(O)C1CCN(C(=O)c2ccc(Cl)c(Cl)c2)CC1. The van der Waals surface area contributed by atoms with Crippen molar-refractivity contribution in [3.63, 3.8) is 0 Å². The van der Waals surface area contributed by atoms with Gasteiger partial charge < -0.3 is 10.0 Å². The van der Waals surface area contributed by atoms with Crippen molar-refractivity contribution in [1.29, 1.82) is 0 Å². The van der Waals surface area contributed by atoms with Gasteiger partial charge in [-0.25, -0.2) is 0 Å². The van der Waals surface area contributed by atoms with Gasteiger partial charge in [-0.15, -0.1) is 0 Å². The molecular formula is C13H13Cl2NO3. The van der Waals surface area contributed by atoms with E-state index in [1.807, 2.05) is 0 Å². The highest BCUT2D eigenvalue weighted by Crippen LogP contribution is 2.24. The molecule has 0 aliphatic carbocycles. The Labute approximate surface area is 120 Å². The molecule has 1 heterocycles. The van der Waals surface area contributed by atoms with Crippen LogP contribution in [0.3, 0.4) is 0 Å². The van der Waals surface area contributed by atoms with Crippen molar-refractivity contribution >= 4 is 35.1 Å². The lowest BCUT2D eigenvalue weighted by atomic mass is 9.96. The standard InChI is InChI=1S/C13H13Cl2NO3/c14-10-2-1-9(7-11(10)15)12(17)16-5-3-8(4-6-16)13(18)19/h1-2,7-8H,3-6H2,(H,18,19). The fourth-order valence-corrected chi connectivity index (χ4v) is 2.44. The lowest BCUT2D eigenvalue weighted by molar-refractivity contribution is -0.143.